The molecule has 9 nitrogen and oxygen atoms in total. The number of rotatable bonds is 6. The summed E-state index contributed by atoms with van der Waals surface area (Å²) < 4.78 is 1.80. The molecule has 0 aliphatic rings. The Hall–Kier alpha value is -3.75. The summed E-state index contributed by atoms with van der Waals surface area (Å²) in [7, 11) is 3.47. The number of nitro groups is 1. The fourth-order valence-corrected chi connectivity index (χ4v) is 2.90. The van der Waals surface area contributed by atoms with Crippen LogP contribution in [0.15, 0.2) is 47.6 Å². The zero-order valence-corrected chi connectivity index (χ0v) is 15.8. The number of amides is 1. The van der Waals surface area contributed by atoms with Gasteiger partial charge in [0.2, 0.25) is 0 Å². The van der Waals surface area contributed by atoms with Crippen molar-refractivity contribution >= 4 is 34.5 Å². The maximum absolute atomic E-state index is 12.2. The number of nitrogens with one attached hydrogen (secondary N) is 1. The molecule has 0 spiro atoms. The van der Waals surface area contributed by atoms with Gasteiger partial charge in [-0.1, -0.05) is 18.2 Å². The molecule has 0 aliphatic heterocycles. The fourth-order valence-electron chi connectivity index (χ4n) is 2.90. The highest BCUT2D eigenvalue weighted by atomic mass is 16.6. The minimum Gasteiger partial charge on any atom is -0.372 e. The van der Waals surface area contributed by atoms with E-state index >= 15 is 0 Å². The maximum Gasteiger partial charge on any atom is 0.293 e. The maximum atomic E-state index is 12.2. The molecule has 3 rings (SSSR count). The number of aromatic nitrogens is 2. The minimum absolute atomic E-state index is 0.0270. The molecule has 0 saturated carbocycles. The third-order valence-corrected chi connectivity index (χ3v) is 4.23. The predicted octanol–water partition coefficient (Wildman–Crippen LogP) is 2.47. The van der Waals surface area contributed by atoms with E-state index < -0.39 is 4.92 Å². The van der Waals surface area contributed by atoms with E-state index in [-0.39, 0.29) is 18.1 Å². The Labute approximate surface area is 161 Å². The van der Waals surface area contributed by atoms with Crippen molar-refractivity contribution in [2.24, 2.45) is 5.10 Å². The van der Waals surface area contributed by atoms with E-state index in [0.29, 0.717) is 11.3 Å². The first kappa shape index (κ1) is 19.0. The zero-order valence-electron chi connectivity index (χ0n) is 15.8. The average Bonchev–Trinajstić information content (AvgIpc) is 2.97. The minimum atomic E-state index is -0.446. The van der Waals surface area contributed by atoms with E-state index in [0.717, 1.165) is 16.9 Å². The Morgan fingerprint density at radius 1 is 1.32 bits per heavy atom. The lowest BCUT2D eigenvalue weighted by Gasteiger charge is -2.12. The van der Waals surface area contributed by atoms with Gasteiger partial charge in [-0.2, -0.15) is 5.10 Å². The topological polar surface area (TPSA) is 106 Å². The fraction of sp³-hybridized carbons (Fsp3) is 0.211. The number of aryl methyl sites for hydroxylation is 1. The van der Waals surface area contributed by atoms with Gasteiger partial charge in [0.1, 0.15) is 18.1 Å². The monoisotopic (exact) mass is 380 g/mol. The summed E-state index contributed by atoms with van der Waals surface area (Å²) in [6, 6.07) is 12.3. The molecule has 0 bridgehead atoms. The quantitative estimate of drug-likeness (QED) is 0.402. The first-order valence-electron chi connectivity index (χ1n) is 8.56. The van der Waals surface area contributed by atoms with Gasteiger partial charge >= 0.3 is 0 Å². The van der Waals surface area contributed by atoms with Gasteiger partial charge in [-0.05, 0) is 25.1 Å². The number of fused-ring (bicyclic) bond motifs is 1. The predicted molar refractivity (Wildman–Crippen MR) is 108 cm³/mol. The van der Waals surface area contributed by atoms with Gasteiger partial charge in [-0.3, -0.25) is 14.9 Å². The summed E-state index contributed by atoms with van der Waals surface area (Å²) in [6.45, 7) is 1.91. The summed E-state index contributed by atoms with van der Waals surface area (Å²) in [5.41, 5.74) is 5.12. The molecule has 28 heavy (non-hydrogen) atoms. The summed E-state index contributed by atoms with van der Waals surface area (Å²) in [4.78, 5) is 29.1. The lowest BCUT2D eigenvalue weighted by Crippen LogP contribution is -2.23. The Kier molecular flexibility index (Phi) is 5.35. The van der Waals surface area contributed by atoms with Gasteiger partial charge < -0.3 is 9.47 Å². The van der Waals surface area contributed by atoms with E-state index in [1.807, 2.05) is 31.2 Å². The number of nitro benzene ring substituents is 1. The van der Waals surface area contributed by atoms with Crippen molar-refractivity contribution < 1.29 is 9.72 Å². The van der Waals surface area contributed by atoms with E-state index in [1.165, 1.54) is 12.3 Å². The number of hydrogen-bond donors (Lipinski definition) is 1. The lowest BCUT2D eigenvalue weighted by molar-refractivity contribution is -0.384. The van der Waals surface area contributed by atoms with E-state index in [9.17, 15) is 14.9 Å². The molecule has 0 radical (unpaired) electrons. The van der Waals surface area contributed by atoms with Gasteiger partial charge in [0.05, 0.1) is 22.2 Å². The van der Waals surface area contributed by atoms with Crippen LogP contribution in [0.3, 0.4) is 0 Å². The summed E-state index contributed by atoms with van der Waals surface area (Å²) in [5.74, 6) is 0.414. The molecule has 2 aromatic carbocycles. The standard InChI is InChI=1S/C19H20N6O3/c1-13-21-15-6-4-5-7-16(15)24(13)12-19(26)22-20-11-14-8-9-17(23(2)3)18(10-14)25(27)28/h4-11H,12H2,1-3H3,(H,22,26)/b20-11-. The van der Waals surface area contributed by atoms with Crippen LogP contribution in [0.25, 0.3) is 11.0 Å². The first-order valence-corrected chi connectivity index (χ1v) is 8.56. The van der Waals surface area contributed by atoms with Crippen LogP contribution in [-0.4, -0.2) is 40.7 Å². The van der Waals surface area contributed by atoms with Crippen molar-refractivity contribution in [1.82, 2.24) is 15.0 Å². The SMILES string of the molecule is Cc1nc2ccccc2n1CC(=O)N/N=C\c1ccc(N(C)C)c([N+](=O)[O-])c1. The van der Waals surface area contributed by atoms with Gasteiger partial charge in [-0.15, -0.1) is 0 Å². The molecular weight excluding hydrogens is 360 g/mol. The molecule has 1 heterocycles. The number of imidazole rings is 1. The Bertz CT molecular complexity index is 1070. The molecule has 1 N–H and O–H groups in total. The number of carbonyl (C=O) groups excluding carboxylic acids is 1. The number of anilines is 1. The number of nitrogens with zero attached hydrogens (tertiary/aromatic N) is 5. The second-order valence-corrected chi connectivity index (χ2v) is 6.43. The van der Waals surface area contributed by atoms with Crippen LogP contribution in [0, 0.1) is 17.0 Å². The third kappa shape index (κ3) is 3.98. The average molecular weight is 380 g/mol. The van der Waals surface area contributed by atoms with Crippen molar-refractivity contribution in [3.8, 4) is 0 Å². The lowest BCUT2D eigenvalue weighted by atomic mass is 10.2. The Morgan fingerprint density at radius 3 is 2.79 bits per heavy atom. The number of hydrazone groups is 1. The number of benzene rings is 2. The second kappa shape index (κ2) is 7.87. The second-order valence-electron chi connectivity index (χ2n) is 6.43. The zero-order chi connectivity index (χ0) is 20.3. The van der Waals surface area contributed by atoms with Crippen molar-refractivity contribution in [2.45, 2.75) is 13.5 Å². The molecule has 1 amide bonds. The van der Waals surface area contributed by atoms with Crippen LogP contribution in [0.4, 0.5) is 11.4 Å². The molecule has 0 saturated heterocycles. The number of para-hydroxylation sites is 2. The molecule has 144 valence electrons. The highest BCUT2D eigenvalue weighted by molar-refractivity contribution is 5.85. The van der Waals surface area contributed by atoms with Gasteiger partial charge in [0.15, 0.2) is 0 Å². The third-order valence-electron chi connectivity index (χ3n) is 4.23. The summed E-state index contributed by atoms with van der Waals surface area (Å²) in [5, 5.41) is 15.1. The van der Waals surface area contributed by atoms with E-state index in [2.05, 4.69) is 15.5 Å². The highest BCUT2D eigenvalue weighted by Gasteiger charge is 2.15. The van der Waals surface area contributed by atoms with Crippen LogP contribution >= 0.6 is 0 Å². The normalized spacial score (nSPS) is 11.1. The van der Waals surface area contributed by atoms with Crippen molar-refractivity contribution in [1.29, 1.82) is 0 Å². The molecule has 3 aromatic rings. The van der Waals surface area contributed by atoms with Crippen LogP contribution in [0.5, 0.6) is 0 Å². The molecule has 0 atom stereocenters. The summed E-state index contributed by atoms with van der Waals surface area (Å²) in [6.07, 6.45) is 1.38. The van der Waals surface area contributed by atoms with Gasteiger partial charge in [0.25, 0.3) is 11.6 Å². The molecule has 1 aromatic heterocycles. The molecule has 0 unspecified atom stereocenters. The van der Waals surface area contributed by atoms with Crippen molar-refractivity contribution in [3.63, 3.8) is 0 Å². The van der Waals surface area contributed by atoms with Crippen LogP contribution < -0.4 is 10.3 Å². The van der Waals surface area contributed by atoms with Gasteiger partial charge in [-0.25, -0.2) is 10.4 Å². The Morgan fingerprint density at radius 2 is 2.07 bits per heavy atom. The van der Waals surface area contributed by atoms with Crippen LogP contribution in [-0.2, 0) is 11.3 Å². The van der Waals surface area contributed by atoms with Crippen LogP contribution in [0.1, 0.15) is 11.4 Å². The number of hydrogen-bond acceptors (Lipinski definition) is 6. The van der Waals surface area contributed by atoms with E-state index in [1.54, 1.807) is 35.7 Å². The molecular formula is C19H20N6O3. The summed E-state index contributed by atoms with van der Waals surface area (Å²) >= 11 is 0. The number of carbonyl (C=O) groups is 1. The van der Waals surface area contributed by atoms with E-state index in [4.69, 9.17) is 0 Å². The van der Waals surface area contributed by atoms with Crippen molar-refractivity contribution in [3.05, 3.63) is 64.0 Å². The molecule has 9 heteroatoms. The van der Waals surface area contributed by atoms with Crippen LogP contribution in [0.2, 0.25) is 0 Å². The Balaban J connectivity index is 1.70. The smallest absolute Gasteiger partial charge is 0.293 e. The van der Waals surface area contributed by atoms with Gasteiger partial charge in [0, 0.05) is 25.7 Å². The van der Waals surface area contributed by atoms with Crippen molar-refractivity contribution in [2.75, 3.05) is 19.0 Å². The largest absolute Gasteiger partial charge is 0.372 e. The molecule has 0 fully saturated rings. The highest BCUT2D eigenvalue weighted by Crippen LogP contribution is 2.27. The first-order chi connectivity index (χ1) is 13.4. The molecule has 0 aliphatic carbocycles.